The second kappa shape index (κ2) is 7.16. The minimum atomic E-state index is 0.322. The summed E-state index contributed by atoms with van der Waals surface area (Å²) in [7, 11) is 0. The van der Waals surface area contributed by atoms with Gasteiger partial charge in [0.2, 0.25) is 5.28 Å². The number of anilines is 1. The van der Waals surface area contributed by atoms with E-state index in [1.165, 1.54) is 27.8 Å². The Bertz CT molecular complexity index is 920. The lowest BCUT2D eigenvalue weighted by atomic mass is 9.89. The Balaban J connectivity index is 1.85. The zero-order valence-corrected chi connectivity index (χ0v) is 17.1. The quantitative estimate of drug-likeness (QED) is 0.524. The van der Waals surface area contributed by atoms with Crippen molar-refractivity contribution in [2.75, 3.05) is 4.90 Å². The van der Waals surface area contributed by atoms with Crippen molar-refractivity contribution in [1.82, 2.24) is 9.97 Å². The molecule has 1 aliphatic carbocycles. The molecule has 2 aromatic heterocycles. The van der Waals surface area contributed by atoms with Gasteiger partial charge in [-0.2, -0.15) is 4.98 Å². The highest BCUT2D eigenvalue weighted by Crippen LogP contribution is 2.42. The molecule has 1 atom stereocenters. The molecule has 0 bridgehead atoms. The number of halogens is 1. The number of aromatic nitrogens is 2. The smallest absolute Gasteiger partial charge is 0.225 e. The predicted molar refractivity (Wildman–Crippen MR) is 111 cm³/mol. The van der Waals surface area contributed by atoms with Gasteiger partial charge in [0.25, 0.3) is 0 Å². The summed E-state index contributed by atoms with van der Waals surface area (Å²) in [6, 6.07) is 10.9. The maximum absolute atomic E-state index is 6.33. The molecule has 0 fully saturated rings. The third-order valence-electron chi connectivity index (χ3n) is 5.20. The number of hydrogen-bond donors (Lipinski definition) is 0. The molecular weight excluding hydrogens is 362 g/mol. The molecule has 4 rings (SSSR count). The largest absolute Gasteiger partial charge is 0.349 e. The fourth-order valence-corrected chi connectivity index (χ4v) is 5.38. The van der Waals surface area contributed by atoms with Gasteiger partial charge in [-0.15, -0.1) is 11.3 Å². The van der Waals surface area contributed by atoms with E-state index in [4.69, 9.17) is 16.6 Å². The van der Waals surface area contributed by atoms with E-state index in [9.17, 15) is 0 Å². The molecule has 0 N–H and O–H groups in total. The Morgan fingerprint density at radius 1 is 1.23 bits per heavy atom. The van der Waals surface area contributed by atoms with E-state index in [0.717, 1.165) is 36.0 Å². The van der Waals surface area contributed by atoms with Crippen molar-refractivity contribution in [2.45, 2.75) is 52.6 Å². The lowest BCUT2D eigenvalue weighted by Gasteiger charge is -2.29. The third-order valence-corrected chi connectivity index (χ3v) is 6.52. The molecule has 136 valence electrons. The molecule has 5 heteroatoms. The molecule has 0 saturated heterocycles. The maximum Gasteiger partial charge on any atom is 0.225 e. The first-order valence-electron chi connectivity index (χ1n) is 9.31. The maximum atomic E-state index is 6.33. The second-order valence-corrected chi connectivity index (χ2v) is 8.98. The fraction of sp³-hybridized carbons (Fsp3) is 0.429. The van der Waals surface area contributed by atoms with Crippen molar-refractivity contribution in [3.05, 3.63) is 51.6 Å². The monoisotopic (exact) mass is 385 g/mol. The van der Waals surface area contributed by atoms with Crippen molar-refractivity contribution in [2.24, 2.45) is 5.92 Å². The molecule has 26 heavy (non-hydrogen) atoms. The molecule has 3 aromatic rings. The van der Waals surface area contributed by atoms with Gasteiger partial charge in [-0.3, -0.25) is 0 Å². The number of aryl methyl sites for hydroxylation is 1. The van der Waals surface area contributed by atoms with Crippen molar-refractivity contribution < 1.29 is 0 Å². The number of benzene rings is 1. The number of thiophene rings is 1. The Morgan fingerprint density at radius 3 is 2.73 bits per heavy atom. The highest BCUT2D eigenvalue weighted by atomic mass is 35.5. The van der Waals surface area contributed by atoms with Crippen molar-refractivity contribution in [3.63, 3.8) is 0 Å². The number of nitrogens with zero attached hydrogens (tertiary/aromatic N) is 3. The van der Waals surface area contributed by atoms with Gasteiger partial charge in [0.15, 0.2) is 0 Å². The van der Waals surface area contributed by atoms with E-state index in [1.54, 1.807) is 11.3 Å². The van der Waals surface area contributed by atoms with E-state index in [2.05, 4.69) is 61.0 Å². The summed E-state index contributed by atoms with van der Waals surface area (Å²) in [6.07, 6.45) is 3.50. The Morgan fingerprint density at radius 2 is 2.00 bits per heavy atom. The summed E-state index contributed by atoms with van der Waals surface area (Å²) >= 11 is 8.13. The molecule has 0 aliphatic heterocycles. The van der Waals surface area contributed by atoms with Crippen LogP contribution >= 0.6 is 22.9 Å². The zero-order chi connectivity index (χ0) is 18.3. The summed E-state index contributed by atoms with van der Waals surface area (Å²) in [6.45, 7) is 7.59. The average molecular weight is 386 g/mol. The summed E-state index contributed by atoms with van der Waals surface area (Å²) in [4.78, 5) is 14.1. The van der Waals surface area contributed by atoms with Crippen LogP contribution in [0.1, 0.15) is 43.2 Å². The summed E-state index contributed by atoms with van der Waals surface area (Å²) < 4.78 is 0. The van der Waals surface area contributed by atoms with Crippen LogP contribution in [0, 0.1) is 5.92 Å². The lowest BCUT2D eigenvalue weighted by Crippen LogP contribution is -2.31. The van der Waals surface area contributed by atoms with E-state index in [1.807, 2.05) is 0 Å². The van der Waals surface area contributed by atoms with Crippen LogP contribution in [-0.2, 0) is 19.4 Å². The lowest BCUT2D eigenvalue weighted by molar-refractivity contribution is 0.509. The Kier molecular flexibility index (Phi) is 4.89. The predicted octanol–water partition coefficient (Wildman–Crippen LogP) is 5.88. The number of fused-ring (bicyclic) bond motifs is 3. The van der Waals surface area contributed by atoms with Crippen molar-refractivity contribution in [1.29, 1.82) is 0 Å². The van der Waals surface area contributed by atoms with Crippen LogP contribution < -0.4 is 4.90 Å². The first-order chi connectivity index (χ1) is 12.5. The molecule has 1 aliphatic rings. The van der Waals surface area contributed by atoms with Gasteiger partial charge < -0.3 is 4.90 Å². The molecular formula is C21H24ClN3S. The molecule has 0 spiro atoms. The fourth-order valence-electron chi connectivity index (χ4n) is 3.79. The topological polar surface area (TPSA) is 29.0 Å². The normalized spacial score (nSPS) is 16.9. The number of rotatable bonds is 4. The van der Waals surface area contributed by atoms with Crippen LogP contribution in [0.15, 0.2) is 30.3 Å². The molecule has 1 unspecified atom stereocenters. The van der Waals surface area contributed by atoms with Gasteiger partial charge in [-0.05, 0) is 61.8 Å². The minimum absolute atomic E-state index is 0.322. The van der Waals surface area contributed by atoms with Crippen LogP contribution in [0.2, 0.25) is 5.28 Å². The van der Waals surface area contributed by atoms with Crippen molar-refractivity contribution in [3.8, 4) is 0 Å². The van der Waals surface area contributed by atoms with Gasteiger partial charge in [-0.25, -0.2) is 4.98 Å². The summed E-state index contributed by atoms with van der Waals surface area (Å²) in [5, 5.41) is 1.57. The molecule has 0 saturated carbocycles. The Labute approximate surface area is 164 Å². The Hall–Kier alpha value is -1.65. The average Bonchev–Trinajstić information content (AvgIpc) is 2.96. The second-order valence-electron chi connectivity index (χ2n) is 7.56. The standard InChI is InChI=1S/C21H24ClN3S/c1-13(2)25(12-15-7-5-4-6-8-15)19-18-16-10-9-14(3)11-17(16)26-20(18)24-21(22)23-19/h4-8,13-14H,9-12H2,1-3H3. The highest BCUT2D eigenvalue weighted by molar-refractivity contribution is 7.19. The van der Waals surface area contributed by atoms with Gasteiger partial charge in [0.05, 0.1) is 5.39 Å². The van der Waals surface area contributed by atoms with Gasteiger partial charge in [-0.1, -0.05) is 37.3 Å². The number of hydrogen-bond acceptors (Lipinski definition) is 4. The molecule has 2 heterocycles. The van der Waals surface area contributed by atoms with Crippen LogP contribution in [-0.4, -0.2) is 16.0 Å². The van der Waals surface area contributed by atoms with Crippen LogP contribution in [0.3, 0.4) is 0 Å². The van der Waals surface area contributed by atoms with E-state index >= 15 is 0 Å². The highest BCUT2D eigenvalue weighted by Gasteiger charge is 2.26. The molecule has 1 aromatic carbocycles. The van der Waals surface area contributed by atoms with Crippen molar-refractivity contribution >= 4 is 39.0 Å². The minimum Gasteiger partial charge on any atom is -0.349 e. The molecule has 3 nitrogen and oxygen atoms in total. The first kappa shape index (κ1) is 17.7. The van der Waals surface area contributed by atoms with Crippen LogP contribution in [0.4, 0.5) is 5.82 Å². The molecule has 0 radical (unpaired) electrons. The van der Waals surface area contributed by atoms with E-state index in [0.29, 0.717) is 11.3 Å². The van der Waals surface area contributed by atoms with E-state index in [-0.39, 0.29) is 0 Å². The SMILES string of the molecule is CC1CCc2c(sc3nc(Cl)nc(N(Cc4ccccc4)C(C)C)c23)C1. The van der Waals surface area contributed by atoms with E-state index < -0.39 is 0 Å². The molecule has 0 amide bonds. The van der Waals surface area contributed by atoms with Gasteiger partial charge in [0, 0.05) is 17.5 Å². The van der Waals surface area contributed by atoms with Gasteiger partial charge in [0.1, 0.15) is 10.6 Å². The van der Waals surface area contributed by atoms with Crippen LogP contribution in [0.5, 0.6) is 0 Å². The third kappa shape index (κ3) is 3.33. The zero-order valence-electron chi connectivity index (χ0n) is 15.5. The first-order valence-corrected chi connectivity index (χ1v) is 10.5. The van der Waals surface area contributed by atoms with Gasteiger partial charge >= 0.3 is 0 Å². The summed E-state index contributed by atoms with van der Waals surface area (Å²) in [5.74, 6) is 1.74. The summed E-state index contributed by atoms with van der Waals surface area (Å²) in [5.41, 5.74) is 2.73. The van der Waals surface area contributed by atoms with Crippen LogP contribution in [0.25, 0.3) is 10.2 Å².